The molecule has 0 fully saturated rings. The van der Waals surface area contributed by atoms with Crippen molar-refractivity contribution in [2.75, 3.05) is 13.1 Å². The Labute approximate surface area is 215 Å². The average molecular weight is 498 g/mol. The number of nitrogens with one attached hydrogen (secondary N) is 1. The number of hydrogen-bond acceptors (Lipinski definition) is 5. The maximum atomic E-state index is 13.3. The van der Waals surface area contributed by atoms with Gasteiger partial charge in [0, 0.05) is 36.6 Å². The molecule has 1 aromatic heterocycles. The molecule has 0 spiro atoms. The third kappa shape index (κ3) is 9.03. The van der Waals surface area contributed by atoms with Gasteiger partial charge in [-0.25, -0.2) is 0 Å². The van der Waals surface area contributed by atoms with Crippen molar-refractivity contribution in [3.63, 3.8) is 0 Å². The van der Waals surface area contributed by atoms with E-state index in [4.69, 9.17) is 0 Å². The highest BCUT2D eigenvalue weighted by atomic mass is 16.3. The zero-order valence-electron chi connectivity index (χ0n) is 22.2. The number of nitrogens with zero attached hydrogens (tertiary/aromatic N) is 2. The van der Waals surface area contributed by atoms with E-state index in [1.807, 2.05) is 37.8 Å². The Hall–Kier alpha value is -2.77. The number of amides is 2. The molecule has 0 radical (unpaired) electrons. The number of hydrogen-bond donors (Lipinski definition) is 3. The zero-order chi connectivity index (χ0) is 26.5. The van der Waals surface area contributed by atoms with Crippen molar-refractivity contribution < 1.29 is 19.8 Å². The van der Waals surface area contributed by atoms with E-state index in [9.17, 15) is 19.8 Å². The second kappa shape index (κ2) is 15.4. The number of carbonyl (C=O) groups is 2. The van der Waals surface area contributed by atoms with Crippen LogP contribution in [-0.2, 0) is 6.42 Å². The number of aryl methyl sites for hydroxylation is 1. The van der Waals surface area contributed by atoms with Crippen LogP contribution in [0.3, 0.4) is 0 Å². The van der Waals surface area contributed by atoms with Crippen LogP contribution in [0.5, 0.6) is 0 Å². The third-order valence-corrected chi connectivity index (χ3v) is 6.29. The molecular formula is C29H43N3O4. The Balaban J connectivity index is 2.26. The number of aliphatic hydroxyl groups excluding tert-OH is 2. The molecule has 1 heterocycles. The van der Waals surface area contributed by atoms with E-state index in [1.165, 1.54) is 0 Å². The minimum atomic E-state index is -1.13. The fourth-order valence-corrected chi connectivity index (χ4v) is 4.40. The molecule has 0 aliphatic carbocycles. The first-order chi connectivity index (χ1) is 17.3. The minimum absolute atomic E-state index is 0.0869. The van der Waals surface area contributed by atoms with Gasteiger partial charge in [0.2, 0.25) is 0 Å². The quantitative estimate of drug-likeness (QED) is 0.319. The maximum absolute atomic E-state index is 13.3. The van der Waals surface area contributed by atoms with Gasteiger partial charge in [-0.2, -0.15) is 0 Å². The van der Waals surface area contributed by atoms with Crippen LogP contribution in [-0.4, -0.2) is 63.3 Å². The molecule has 0 aliphatic rings. The van der Waals surface area contributed by atoms with Gasteiger partial charge in [0.1, 0.15) is 6.10 Å². The predicted octanol–water partition coefficient (Wildman–Crippen LogP) is 4.30. The number of unbranched alkanes of at least 4 members (excludes halogenated alkanes) is 2. The van der Waals surface area contributed by atoms with Crippen LogP contribution in [0.1, 0.15) is 91.1 Å². The van der Waals surface area contributed by atoms with Crippen LogP contribution in [0.15, 0.2) is 42.7 Å². The van der Waals surface area contributed by atoms with Crippen LogP contribution in [0.4, 0.5) is 0 Å². The molecule has 1 aromatic carbocycles. The van der Waals surface area contributed by atoms with Crippen molar-refractivity contribution in [1.82, 2.24) is 15.2 Å². The van der Waals surface area contributed by atoms with Gasteiger partial charge in [0.25, 0.3) is 11.8 Å². The van der Waals surface area contributed by atoms with E-state index < -0.39 is 18.2 Å². The normalized spacial score (nSPS) is 13.6. The van der Waals surface area contributed by atoms with E-state index in [2.05, 4.69) is 17.2 Å². The smallest absolute Gasteiger partial charge is 0.253 e. The summed E-state index contributed by atoms with van der Waals surface area (Å²) in [6.07, 6.45) is 6.57. The van der Waals surface area contributed by atoms with Gasteiger partial charge in [-0.15, -0.1) is 0 Å². The lowest BCUT2D eigenvalue weighted by Crippen LogP contribution is -2.49. The SMILES string of the molecule is CCCCCC(O)C(O)C(Cc1ccncc1)NC(=O)c1cc(C)cc(C(=O)N(CCC)CCC)c1. The van der Waals surface area contributed by atoms with Crippen molar-refractivity contribution >= 4 is 11.8 Å². The van der Waals surface area contributed by atoms with Gasteiger partial charge in [-0.1, -0.05) is 40.0 Å². The molecule has 198 valence electrons. The number of rotatable bonds is 15. The summed E-state index contributed by atoms with van der Waals surface area (Å²) in [6.45, 7) is 9.35. The van der Waals surface area contributed by atoms with E-state index >= 15 is 0 Å². The first-order valence-corrected chi connectivity index (χ1v) is 13.3. The van der Waals surface area contributed by atoms with Crippen LogP contribution >= 0.6 is 0 Å². The first-order valence-electron chi connectivity index (χ1n) is 13.3. The summed E-state index contributed by atoms with van der Waals surface area (Å²) < 4.78 is 0. The molecule has 0 bridgehead atoms. The van der Waals surface area contributed by atoms with Crippen molar-refractivity contribution in [3.8, 4) is 0 Å². The lowest BCUT2D eigenvalue weighted by molar-refractivity contribution is -0.00830. The summed E-state index contributed by atoms with van der Waals surface area (Å²) in [5, 5.41) is 24.5. The lowest BCUT2D eigenvalue weighted by atomic mass is 9.94. The number of aliphatic hydroxyl groups is 2. The molecule has 3 N–H and O–H groups in total. The summed E-state index contributed by atoms with van der Waals surface area (Å²) in [5.41, 5.74) is 2.54. The number of carbonyl (C=O) groups excluding carboxylic acids is 2. The second-order valence-electron chi connectivity index (χ2n) is 9.57. The molecule has 0 saturated heterocycles. The van der Waals surface area contributed by atoms with Crippen molar-refractivity contribution in [2.24, 2.45) is 0 Å². The summed E-state index contributed by atoms with van der Waals surface area (Å²) in [4.78, 5) is 32.3. The molecule has 0 saturated carbocycles. The van der Waals surface area contributed by atoms with Gasteiger partial charge in [-0.3, -0.25) is 14.6 Å². The van der Waals surface area contributed by atoms with Gasteiger partial charge in [-0.05, 0) is 74.1 Å². The topological polar surface area (TPSA) is 103 Å². The molecule has 3 unspecified atom stereocenters. The Morgan fingerprint density at radius 2 is 1.58 bits per heavy atom. The Morgan fingerprint density at radius 1 is 0.944 bits per heavy atom. The predicted molar refractivity (Wildman–Crippen MR) is 143 cm³/mol. The van der Waals surface area contributed by atoms with E-state index in [0.29, 0.717) is 37.1 Å². The van der Waals surface area contributed by atoms with Gasteiger partial charge < -0.3 is 20.4 Å². The molecule has 3 atom stereocenters. The Morgan fingerprint density at radius 3 is 2.19 bits per heavy atom. The number of aromatic nitrogens is 1. The lowest BCUT2D eigenvalue weighted by Gasteiger charge is -2.28. The van der Waals surface area contributed by atoms with Gasteiger partial charge >= 0.3 is 0 Å². The highest BCUT2D eigenvalue weighted by Crippen LogP contribution is 2.17. The average Bonchev–Trinajstić information content (AvgIpc) is 2.87. The number of pyridine rings is 1. The van der Waals surface area contributed by atoms with Crippen LogP contribution in [0.2, 0.25) is 0 Å². The molecule has 0 aliphatic heterocycles. The van der Waals surface area contributed by atoms with Crippen molar-refractivity contribution in [3.05, 3.63) is 65.0 Å². The maximum Gasteiger partial charge on any atom is 0.253 e. The van der Waals surface area contributed by atoms with E-state index in [1.54, 1.807) is 30.6 Å². The van der Waals surface area contributed by atoms with E-state index in [0.717, 1.165) is 43.2 Å². The van der Waals surface area contributed by atoms with Gasteiger partial charge in [0.05, 0.1) is 12.1 Å². The van der Waals surface area contributed by atoms with Gasteiger partial charge in [0.15, 0.2) is 0 Å². The largest absolute Gasteiger partial charge is 0.390 e. The highest BCUT2D eigenvalue weighted by molar-refractivity contribution is 6.00. The fraction of sp³-hybridized carbons (Fsp3) is 0.552. The summed E-state index contributed by atoms with van der Waals surface area (Å²) in [6, 6.07) is 8.12. The standard InChI is InChI=1S/C29H43N3O4/c1-5-8-9-10-26(33)27(34)25(19-22-11-13-30-14-12-22)31-28(35)23-17-21(4)18-24(20-23)29(36)32(15-6-2)16-7-3/h11-14,17-18,20,25-27,33-34H,5-10,15-16,19H2,1-4H3,(H,31,35). The molecule has 2 amide bonds. The fourth-order valence-electron chi connectivity index (χ4n) is 4.40. The zero-order valence-corrected chi connectivity index (χ0v) is 22.2. The highest BCUT2D eigenvalue weighted by Gasteiger charge is 2.28. The first kappa shape index (κ1) is 29.5. The van der Waals surface area contributed by atoms with Crippen molar-refractivity contribution in [1.29, 1.82) is 0 Å². The molecule has 7 nitrogen and oxygen atoms in total. The molecule has 36 heavy (non-hydrogen) atoms. The Bertz CT molecular complexity index is 945. The van der Waals surface area contributed by atoms with Crippen molar-refractivity contribution in [2.45, 2.75) is 90.9 Å². The second-order valence-corrected chi connectivity index (χ2v) is 9.57. The summed E-state index contributed by atoms with van der Waals surface area (Å²) in [5.74, 6) is -0.472. The van der Waals surface area contributed by atoms with Crippen LogP contribution < -0.4 is 5.32 Å². The minimum Gasteiger partial charge on any atom is -0.390 e. The Kier molecular flexibility index (Phi) is 12.6. The molecular weight excluding hydrogens is 454 g/mol. The summed E-state index contributed by atoms with van der Waals surface area (Å²) >= 11 is 0. The molecule has 2 rings (SSSR count). The third-order valence-electron chi connectivity index (χ3n) is 6.29. The van der Waals surface area contributed by atoms with Crippen LogP contribution in [0, 0.1) is 6.92 Å². The number of benzene rings is 1. The molecule has 2 aromatic rings. The van der Waals surface area contributed by atoms with E-state index in [-0.39, 0.29) is 11.8 Å². The monoisotopic (exact) mass is 497 g/mol. The summed E-state index contributed by atoms with van der Waals surface area (Å²) in [7, 11) is 0. The van der Waals surface area contributed by atoms with Crippen LogP contribution in [0.25, 0.3) is 0 Å². The molecule has 7 heteroatoms.